The summed E-state index contributed by atoms with van der Waals surface area (Å²) >= 11 is 0. The van der Waals surface area contributed by atoms with E-state index in [1.165, 1.54) is 48.2 Å². The number of hydrogen-bond acceptors (Lipinski definition) is 6. The number of benzene rings is 2. The third kappa shape index (κ3) is 7.48. The minimum Gasteiger partial charge on any atom is -0.352 e. The van der Waals surface area contributed by atoms with Crippen molar-refractivity contribution in [1.82, 2.24) is 10.2 Å². The molecule has 2 aromatic carbocycles. The van der Waals surface area contributed by atoms with Crippen molar-refractivity contribution in [2.45, 2.75) is 52.7 Å². The predicted molar refractivity (Wildman–Crippen MR) is 134 cm³/mol. The number of nitrogens with one attached hydrogen (secondary N) is 1. The second-order valence-corrected chi connectivity index (χ2v) is 10.5. The van der Waals surface area contributed by atoms with Crippen LogP contribution in [0.4, 0.5) is 15.8 Å². The second kappa shape index (κ2) is 11.9. The number of sulfonamides is 1. The van der Waals surface area contributed by atoms with E-state index >= 15 is 0 Å². The number of halogens is 1. The highest BCUT2D eigenvalue weighted by Crippen LogP contribution is 2.28. The zero-order valence-electron chi connectivity index (χ0n) is 20.9. The maximum absolute atomic E-state index is 13.5. The summed E-state index contributed by atoms with van der Waals surface area (Å²) in [6, 6.07) is 7.97. The Balaban J connectivity index is 2.47. The first-order valence-electron chi connectivity index (χ1n) is 11.3. The molecule has 0 saturated carbocycles. The lowest BCUT2D eigenvalue weighted by Gasteiger charge is -2.32. The Kier molecular flexibility index (Phi) is 9.51. The lowest BCUT2D eigenvalue weighted by molar-refractivity contribution is -0.384. The van der Waals surface area contributed by atoms with Crippen LogP contribution in [0.25, 0.3) is 0 Å². The number of nitro groups is 1. The first kappa shape index (κ1) is 28.7. The SMILES string of the molecule is CC[C@H](C)NC(=O)[C@H](C)N(Cc1ccc(F)cc1)C(=O)CN(c1cc([N+](=O)[O-])ccc1C)S(C)(=O)=O. The number of rotatable bonds is 11. The van der Waals surface area contributed by atoms with Gasteiger partial charge in [-0.1, -0.05) is 25.1 Å². The largest absolute Gasteiger partial charge is 0.352 e. The van der Waals surface area contributed by atoms with E-state index in [1.807, 2.05) is 13.8 Å². The van der Waals surface area contributed by atoms with E-state index in [-0.39, 0.29) is 24.0 Å². The summed E-state index contributed by atoms with van der Waals surface area (Å²) in [5.41, 5.74) is 0.594. The third-order valence-electron chi connectivity index (χ3n) is 5.79. The average Bonchev–Trinajstić information content (AvgIpc) is 2.81. The monoisotopic (exact) mass is 522 g/mol. The molecule has 0 saturated heterocycles. The molecule has 0 spiro atoms. The van der Waals surface area contributed by atoms with Crippen LogP contribution in [0.5, 0.6) is 0 Å². The molecule has 0 aliphatic rings. The molecule has 0 aliphatic carbocycles. The number of hydrogen-bond donors (Lipinski definition) is 1. The molecule has 36 heavy (non-hydrogen) atoms. The number of carbonyl (C=O) groups excluding carboxylic acids is 2. The lowest BCUT2D eigenvalue weighted by Crippen LogP contribution is -2.52. The molecule has 0 bridgehead atoms. The maximum Gasteiger partial charge on any atom is 0.271 e. The zero-order valence-corrected chi connectivity index (χ0v) is 21.7. The molecule has 196 valence electrons. The predicted octanol–water partition coefficient (Wildman–Crippen LogP) is 3.14. The Labute approximate surface area is 210 Å². The molecule has 0 heterocycles. The fraction of sp³-hybridized carbons (Fsp3) is 0.417. The molecule has 2 amide bonds. The molecule has 12 heteroatoms. The van der Waals surface area contributed by atoms with Crippen molar-refractivity contribution in [2.75, 3.05) is 17.1 Å². The molecule has 2 aromatic rings. The van der Waals surface area contributed by atoms with E-state index in [2.05, 4.69) is 5.32 Å². The van der Waals surface area contributed by atoms with Crippen molar-refractivity contribution in [1.29, 1.82) is 0 Å². The van der Waals surface area contributed by atoms with Gasteiger partial charge in [-0.25, -0.2) is 12.8 Å². The molecule has 2 atom stereocenters. The quantitative estimate of drug-likeness (QED) is 0.356. The number of amides is 2. The van der Waals surface area contributed by atoms with Gasteiger partial charge in [0.1, 0.15) is 18.4 Å². The van der Waals surface area contributed by atoms with Crippen LogP contribution in [0.1, 0.15) is 38.3 Å². The van der Waals surface area contributed by atoms with Crippen LogP contribution >= 0.6 is 0 Å². The van der Waals surface area contributed by atoms with E-state index in [4.69, 9.17) is 0 Å². The lowest BCUT2D eigenvalue weighted by atomic mass is 10.1. The van der Waals surface area contributed by atoms with Crippen LogP contribution in [0.15, 0.2) is 42.5 Å². The van der Waals surface area contributed by atoms with Gasteiger partial charge in [0.05, 0.1) is 16.9 Å². The number of nitro benzene ring substituents is 1. The van der Waals surface area contributed by atoms with E-state index in [9.17, 15) is 32.5 Å². The maximum atomic E-state index is 13.5. The number of anilines is 1. The summed E-state index contributed by atoms with van der Waals surface area (Å²) < 4.78 is 39.5. The zero-order chi connectivity index (χ0) is 27.2. The number of carbonyl (C=O) groups is 2. The molecule has 0 aromatic heterocycles. The summed E-state index contributed by atoms with van der Waals surface area (Å²) in [5.74, 6) is -1.61. The van der Waals surface area contributed by atoms with Crippen LogP contribution < -0.4 is 9.62 Å². The summed E-state index contributed by atoms with van der Waals surface area (Å²) in [6.07, 6.45) is 1.56. The highest BCUT2D eigenvalue weighted by molar-refractivity contribution is 7.92. The van der Waals surface area contributed by atoms with Gasteiger partial charge in [-0.3, -0.25) is 24.0 Å². The van der Waals surface area contributed by atoms with Gasteiger partial charge in [0.15, 0.2) is 0 Å². The van der Waals surface area contributed by atoms with Gasteiger partial charge in [0.2, 0.25) is 21.8 Å². The standard InChI is InChI=1S/C24H31FN4O6S/c1-6-17(3)26-24(31)18(4)27(14-19-8-10-20(25)11-9-19)23(30)15-28(36(5,34)35)22-13-21(29(32)33)12-7-16(22)2/h7-13,17-18H,6,14-15H2,1-5H3,(H,26,31)/t17-,18-/m0/s1. The summed E-state index contributed by atoms with van der Waals surface area (Å²) in [7, 11) is -4.05. The highest BCUT2D eigenvalue weighted by atomic mass is 32.2. The van der Waals surface area contributed by atoms with Crippen molar-refractivity contribution in [3.05, 3.63) is 69.5 Å². The van der Waals surface area contributed by atoms with Crippen molar-refractivity contribution < 1.29 is 27.3 Å². The Morgan fingerprint density at radius 2 is 1.75 bits per heavy atom. The van der Waals surface area contributed by atoms with Gasteiger partial charge in [-0.15, -0.1) is 0 Å². The topological polar surface area (TPSA) is 130 Å². The smallest absolute Gasteiger partial charge is 0.271 e. The first-order valence-corrected chi connectivity index (χ1v) is 13.2. The fourth-order valence-corrected chi connectivity index (χ4v) is 4.31. The molecule has 10 nitrogen and oxygen atoms in total. The summed E-state index contributed by atoms with van der Waals surface area (Å²) in [5, 5.41) is 14.1. The van der Waals surface area contributed by atoms with E-state index in [0.29, 0.717) is 17.5 Å². The van der Waals surface area contributed by atoms with Crippen LogP contribution in [0, 0.1) is 22.9 Å². The molecule has 2 rings (SSSR count). The number of non-ortho nitro benzene ring substituents is 1. The Hall–Kier alpha value is -3.54. The summed E-state index contributed by atoms with van der Waals surface area (Å²) in [6.45, 7) is 6.01. The van der Waals surface area contributed by atoms with Crippen molar-refractivity contribution >= 4 is 33.2 Å². The molecule has 0 aliphatic heterocycles. The average molecular weight is 523 g/mol. The Morgan fingerprint density at radius 3 is 2.28 bits per heavy atom. The van der Waals surface area contributed by atoms with Crippen molar-refractivity contribution in [3.8, 4) is 0 Å². The van der Waals surface area contributed by atoms with E-state index in [1.54, 1.807) is 6.92 Å². The number of aryl methyl sites for hydroxylation is 1. The fourth-order valence-electron chi connectivity index (χ4n) is 3.41. The Bertz CT molecular complexity index is 1220. The van der Waals surface area contributed by atoms with E-state index in [0.717, 1.165) is 16.6 Å². The van der Waals surface area contributed by atoms with Crippen LogP contribution in [0.2, 0.25) is 0 Å². The normalized spacial score (nSPS) is 12.9. The molecule has 0 fully saturated rings. The van der Waals surface area contributed by atoms with Gasteiger partial charge in [0.25, 0.3) is 5.69 Å². The summed E-state index contributed by atoms with van der Waals surface area (Å²) in [4.78, 5) is 38.2. The highest BCUT2D eigenvalue weighted by Gasteiger charge is 2.31. The van der Waals surface area contributed by atoms with Gasteiger partial charge >= 0.3 is 0 Å². The van der Waals surface area contributed by atoms with Gasteiger partial charge in [0, 0.05) is 24.7 Å². The van der Waals surface area contributed by atoms with Gasteiger partial charge < -0.3 is 10.2 Å². The number of nitrogens with zero attached hydrogens (tertiary/aromatic N) is 3. The van der Waals surface area contributed by atoms with Gasteiger partial charge in [-0.05, 0) is 50.5 Å². The molecular weight excluding hydrogens is 491 g/mol. The van der Waals surface area contributed by atoms with Crippen LogP contribution in [0.3, 0.4) is 0 Å². The molecular formula is C24H31FN4O6S. The second-order valence-electron chi connectivity index (χ2n) is 8.64. The van der Waals surface area contributed by atoms with Crippen molar-refractivity contribution in [2.24, 2.45) is 0 Å². The Morgan fingerprint density at radius 1 is 1.14 bits per heavy atom. The van der Waals surface area contributed by atoms with Crippen LogP contribution in [-0.2, 0) is 26.2 Å². The molecule has 0 radical (unpaired) electrons. The van der Waals surface area contributed by atoms with Crippen LogP contribution in [-0.4, -0.2) is 54.9 Å². The molecule has 1 N–H and O–H groups in total. The third-order valence-corrected chi connectivity index (χ3v) is 6.91. The van der Waals surface area contributed by atoms with E-state index < -0.39 is 45.2 Å². The first-order chi connectivity index (χ1) is 16.7. The minimum atomic E-state index is -4.05. The van der Waals surface area contributed by atoms with Gasteiger partial charge in [-0.2, -0.15) is 0 Å². The minimum absolute atomic E-state index is 0.0153. The van der Waals surface area contributed by atoms with Crippen molar-refractivity contribution in [3.63, 3.8) is 0 Å². The molecule has 0 unspecified atom stereocenters.